The number of esters is 1. The first kappa shape index (κ1) is 78.1. The summed E-state index contributed by atoms with van der Waals surface area (Å²) in [4.78, 5) is 124. The first-order valence-corrected chi connectivity index (χ1v) is 40.0. The third-order valence-electron chi connectivity index (χ3n) is 24.4. The van der Waals surface area contributed by atoms with Gasteiger partial charge in [-0.2, -0.15) is 0 Å². The smallest absolute Gasteiger partial charge is 0.330 e. The molecule has 5 saturated heterocycles. The first-order chi connectivity index (χ1) is 52.2. The molecule has 1 aliphatic carbocycles. The summed E-state index contributed by atoms with van der Waals surface area (Å²) in [5, 5.41) is 8.80. The average Bonchev–Trinajstić information content (AvgIpc) is 1.67. The number of aliphatic carboxylic acids is 1. The van der Waals surface area contributed by atoms with Crippen LogP contribution in [0.3, 0.4) is 0 Å². The SMILES string of the molecule is CC(=O)N1CCC(N2CCc3cc(C=O)ccc32)CC1.CC(=O)N1CCC(N2CCc3cc(CCC(=O)O)ccc32)CC1.CC(=O)N1CCC(N2CCc3cc4c(cc32)C(=O)CC4)CC1.CC(=O)N1CCC(N2CCc3ccccc32)CC1.CCOC(=O)/C=C/c1ccc2c(c1)CCN2C1CCN(C(C)=O)CC1. The van der Waals surface area contributed by atoms with E-state index in [4.69, 9.17) is 9.84 Å². The number of anilines is 5. The van der Waals surface area contributed by atoms with Crippen molar-refractivity contribution in [3.05, 3.63) is 153 Å². The lowest BCUT2D eigenvalue weighted by Gasteiger charge is -2.37. The summed E-state index contributed by atoms with van der Waals surface area (Å²) in [6.45, 7) is 24.4. The van der Waals surface area contributed by atoms with Crippen LogP contribution in [0.25, 0.3) is 6.08 Å². The molecule has 5 fully saturated rings. The van der Waals surface area contributed by atoms with Crippen molar-refractivity contribution in [1.82, 2.24) is 24.5 Å². The Morgan fingerprint density at radius 3 is 1.17 bits per heavy atom. The molecule has 0 spiro atoms. The highest BCUT2D eigenvalue weighted by atomic mass is 16.5. The number of piperidine rings is 5. The van der Waals surface area contributed by atoms with Crippen LogP contribution in [0.15, 0.2) is 97.1 Å². The number of para-hydroxylation sites is 1. The summed E-state index contributed by atoms with van der Waals surface area (Å²) in [6.07, 6.45) is 22.4. The van der Waals surface area contributed by atoms with Gasteiger partial charge in [0.05, 0.1) is 6.61 Å². The van der Waals surface area contributed by atoms with Gasteiger partial charge in [-0.05, 0) is 215 Å². The number of fused-ring (bicyclic) bond motifs is 6. The average molecular weight is 1470 g/mol. The third-order valence-corrected chi connectivity index (χ3v) is 24.4. The molecule has 5 aromatic carbocycles. The molecule has 0 unspecified atom stereocenters. The monoisotopic (exact) mass is 1470 g/mol. The summed E-state index contributed by atoms with van der Waals surface area (Å²) in [5.74, 6) is 0.189. The van der Waals surface area contributed by atoms with Gasteiger partial charge in [0.1, 0.15) is 6.29 Å². The van der Waals surface area contributed by atoms with Crippen LogP contribution in [-0.4, -0.2) is 218 Å². The molecule has 10 aliphatic heterocycles. The molecule has 21 nitrogen and oxygen atoms in total. The number of carboxylic acid groups (broad SMARTS) is 1. The maximum Gasteiger partial charge on any atom is 0.330 e. The fraction of sp³-hybridized carbons (Fsp3) is 0.529. The molecule has 108 heavy (non-hydrogen) atoms. The van der Waals surface area contributed by atoms with Crippen molar-refractivity contribution in [2.24, 2.45) is 0 Å². The van der Waals surface area contributed by atoms with Gasteiger partial charge in [0.2, 0.25) is 29.5 Å². The Morgan fingerprint density at radius 2 is 0.759 bits per heavy atom. The second-order valence-electron chi connectivity index (χ2n) is 30.9. The van der Waals surface area contributed by atoms with Crippen LogP contribution >= 0.6 is 0 Å². The topological polar surface area (TPSA) is 215 Å². The second kappa shape index (κ2) is 36.1. The highest BCUT2D eigenvalue weighted by molar-refractivity contribution is 6.01. The van der Waals surface area contributed by atoms with E-state index in [1.54, 1.807) is 41.5 Å². The normalized spacial score (nSPS) is 19.2. The predicted octanol–water partition coefficient (Wildman–Crippen LogP) is 10.8. The fourth-order valence-corrected chi connectivity index (χ4v) is 18.4. The van der Waals surface area contributed by atoms with E-state index in [0.717, 1.165) is 223 Å². The van der Waals surface area contributed by atoms with Crippen molar-refractivity contribution in [3.63, 3.8) is 0 Å². The molecule has 1 N–H and O–H groups in total. The summed E-state index contributed by atoms with van der Waals surface area (Å²) in [5.41, 5.74) is 18.5. The Kier molecular flexibility index (Phi) is 26.1. The number of nitrogens with zero attached hydrogens (tertiary/aromatic N) is 10. The molecule has 0 atom stereocenters. The lowest BCUT2D eigenvalue weighted by atomic mass is 10.0. The molecule has 0 radical (unpaired) electrons. The van der Waals surface area contributed by atoms with Gasteiger partial charge in [-0.15, -0.1) is 0 Å². The zero-order valence-corrected chi connectivity index (χ0v) is 64.5. The summed E-state index contributed by atoms with van der Waals surface area (Å²) in [6, 6.07) is 34.5. The van der Waals surface area contributed by atoms with Gasteiger partial charge in [-0.25, -0.2) is 4.79 Å². The van der Waals surface area contributed by atoms with Crippen molar-refractivity contribution in [3.8, 4) is 0 Å². The Labute approximate surface area is 638 Å². The Morgan fingerprint density at radius 1 is 0.398 bits per heavy atom. The number of likely N-dealkylation sites (tertiary alicyclic amines) is 5. The van der Waals surface area contributed by atoms with Crippen molar-refractivity contribution in [2.75, 3.05) is 129 Å². The number of aryl methyl sites for hydroxylation is 2. The summed E-state index contributed by atoms with van der Waals surface area (Å²) >= 11 is 0. The largest absolute Gasteiger partial charge is 0.481 e. The molecular weight excluding hydrogens is 1360 g/mol. The predicted molar refractivity (Wildman–Crippen MR) is 424 cm³/mol. The maximum absolute atomic E-state index is 12.0. The minimum Gasteiger partial charge on any atom is -0.481 e. The lowest BCUT2D eigenvalue weighted by molar-refractivity contribution is -0.138. The van der Waals surface area contributed by atoms with E-state index in [2.05, 4.69) is 103 Å². The zero-order chi connectivity index (χ0) is 76.1. The van der Waals surface area contributed by atoms with Crippen LogP contribution in [-0.2, 0) is 83.2 Å². The minimum absolute atomic E-state index is 0.174. The Bertz CT molecular complexity index is 4120. The van der Waals surface area contributed by atoms with Crippen LogP contribution in [0.1, 0.15) is 184 Å². The molecule has 576 valence electrons. The van der Waals surface area contributed by atoms with E-state index in [0.29, 0.717) is 55.4 Å². The highest BCUT2D eigenvalue weighted by Crippen LogP contribution is 2.40. The van der Waals surface area contributed by atoms with Gasteiger partial charge < -0.3 is 58.8 Å². The number of carbonyl (C=O) groups excluding carboxylic acids is 8. The number of Topliss-reactive ketones (excluding diaryl/α,β-unsaturated/α-hetero) is 1. The molecule has 11 aliphatic rings. The van der Waals surface area contributed by atoms with Gasteiger partial charge in [-0.1, -0.05) is 42.5 Å². The zero-order valence-electron chi connectivity index (χ0n) is 64.5. The van der Waals surface area contributed by atoms with Gasteiger partial charge >= 0.3 is 11.9 Å². The molecule has 5 aromatic rings. The Balaban J connectivity index is 0.000000127. The number of benzene rings is 5. The molecule has 0 bridgehead atoms. The van der Waals surface area contributed by atoms with Crippen LogP contribution in [0.5, 0.6) is 0 Å². The number of amides is 5. The number of hydrogen-bond donors (Lipinski definition) is 1. The van der Waals surface area contributed by atoms with E-state index in [-0.39, 0.29) is 41.9 Å². The third kappa shape index (κ3) is 18.9. The molecule has 0 saturated carbocycles. The number of carboxylic acids is 1. The van der Waals surface area contributed by atoms with E-state index in [1.165, 1.54) is 74.3 Å². The van der Waals surface area contributed by atoms with Crippen LogP contribution in [0.4, 0.5) is 28.4 Å². The van der Waals surface area contributed by atoms with Gasteiger partial charge in [0, 0.05) is 221 Å². The highest BCUT2D eigenvalue weighted by Gasteiger charge is 2.37. The molecule has 5 amide bonds. The van der Waals surface area contributed by atoms with Crippen LogP contribution < -0.4 is 24.5 Å². The van der Waals surface area contributed by atoms with E-state index < -0.39 is 5.97 Å². The van der Waals surface area contributed by atoms with Gasteiger partial charge in [-0.3, -0.25) is 38.4 Å². The van der Waals surface area contributed by atoms with Crippen molar-refractivity contribution >= 4 is 88.1 Å². The molecule has 10 heterocycles. The van der Waals surface area contributed by atoms with E-state index in [1.807, 2.05) is 42.7 Å². The minimum atomic E-state index is -0.746. The van der Waals surface area contributed by atoms with Crippen molar-refractivity contribution in [1.29, 1.82) is 0 Å². The number of hydrogen-bond acceptors (Lipinski definition) is 15. The van der Waals surface area contributed by atoms with Crippen molar-refractivity contribution < 1.29 is 53.0 Å². The first-order valence-electron chi connectivity index (χ1n) is 40.0. The van der Waals surface area contributed by atoms with Crippen LogP contribution in [0, 0.1) is 0 Å². The Hall–Kier alpha value is -9.53. The van der Waals surface area contributed by atoms with Gasteiger partial charge in [0.15, 0.2) is 5.78 Å². The molecule has 21 heteroatoms. The summed E-state index contributed by atoms with van der Waals surface area (Å²) in [7, 11) is 0. The van der Waals surface area contributed by atoms with E-state index >= 15 is 0 Å². The standard InChI is InChI=1S/C20H26N2O3.C18H24N2O3.C18H22N2O2.C16H20N2O2.C15H20N2O/c1-3-25-20(24)7-5-16-4-6-19-17(14-16)8-13-22(19)18-9-11-21(12-10-18)15(2)23;1-13(21)19-9-7-16(8-10-19)20-11-6-15-12-14(2-4-17(15)20)3-5-18(22)23;1-12(21)19-7-5-15(6-8-19)20-9-4-14-10-13-2-3-18(22)16(13)11-17(14)20;1-12(20)17-7-5-15(6-8-17)18-9-4-14-10-13(11-19)2-3-16(14)18;1-12(18)16-9-7-14(8-10-16)17-11-6-13-4-2-3-5-15(13)17/h4-7,14,18H,3,8-13H2,1-2H3;2,4,12,16H,3,5-11H2,1H3,(H,22,23);10-11,15H,2-9H2,1H3;2-3,10-11,15H,4-9H2,1H3;2-5,14H,6-11H2,1H3/b7-5+;;;;. The lowest BCUT2D eigenvalue weighted by Crippen LogP contribution is -2.45. The van der Waals surface area contributed by atoms with E-state index in [9.17, 15) is 43.2 Å². The number of ether oxygens (including phenoxy) is 1. The van der Waals surface area contributed by atoms with Crippen LogP contribution in [0.2, 0.25) is 0 Å². The molecule has 16 rings (SSSR count). The molecular formula is C87H112N10O11. The summed E-state index contributed by atoms with van der Waals surface area (Å²) < 4.78 is 4.92. The maximum atomic E-state index is 12.0. The number of rotatable bonds is 12. The fourth-order valence-electron chi connectivity index (χ4n) is 18.4. The molecule has 0 aromatic heterocycles. The number of aldehydes is 1. The quantitative estimate of drug-likeness (QED) is 0.0698. The number of ketones is 1. The second-order valence-corrected chi connectivity index (χ2v) is 30.9. The number of carbonyl (C=O) groups is 9. The van der Waals surface area contributed by atoms with Gasteiger partial charge in [0.25, 0.3) is 0 Å². The van der Waals surface area contributed by atoms with Crippen molar-refractivity contribution in [2.45, 2.75) is 194 Å².